The zero-order valence-corrected chi connectivity index (χ0v) is 16.4. The van der Waals surface area contributed by atoms with Crippen LogP contribution in [0, 0.1) is 0 Å². The lowest BCUT2D eigenvalue weighted by Gasteiger charge is -2.13. The first-order valence-electron chi connectivity index (χ1n) is 9.38. The average Bonchev–Trinajstić information content (AvgIpc) is 2.75. The van der Waals surface area contributed by atoms with E-state index in [9.17, 15) is 4.79 Å². The molecule has 1 aromatic heterocycles. The van der Waals surface area contributed by atoms with Gasteiger partial charge in [-0.3, -0.25) is 0 Å². The van der Waals surface area contributed by atoms with Gasteiger partial charge in [-0.2, -0.15) is 10.1 Å². The highest BCUT2D eigenvalue weighted by molar-refractivity contribution is 5.71. The summed E-state index contributed by atoms with van der Waals surface area (Å²) in [7, 11) is 1.54. The van der Waals surface area contributed by atoms with Crippen molar-refractivity contribution in [3.05, 3.63) is 72.2 Å². The number of carbonyl (C=O) groups is 1. The molecular formula is C22H23N3O4. The molecule has 150 valence electrons. The number of aromatic nitrogens is 2. The van der Waals surface area contributed by atoms with Crippen LogP contribution in [0.15, 0.2) is 71.9 Å². The second kappa shape index (κ2) is 10.1. The number of methoxy groups -OCH3 is 1. The molecule has 0 fully saturated rings. The second-order valence-electron chi connectivity index (χ2n) is 6.16. The van der Waals surface area contributed by atoms with Gasteiger partial charge >= 0.3 is 6.09 Å². The number of amides is 1. The van der Waals surface area contributed by atoms with E-state index in [2.05, 4.69) is 17.0 Å². The maximum Gasteiger partial charge on any atom is 0.439 e. The molecule has 0 spiro atoms. The zero-order chi connectivity index (χ0) is 20.5. The largest absolute Gasteiger partial charge is 0.497 e. The number of benzene rings is 2. The predicted octanol–water partition coefficient (Wildman–Crippen LogP) is 4.16. The first kappa shape index (κ1) is 20.1. The summed E-state index contributed by atoms with van der Waals surface area (Å²) in [5.41, 5.74) is 0.851. The molecule has 1 amide bonds. The van der Waals surface area contributed by atoms with Gasteiger partial charge < -0.3 is 14.2 Å². The van der Waals surface area contributed by atoms with Gasteiger partial charge in [-0.25, -0.2) is 9.48 Å². The minimum Gasteiger partial charge on any atom is -0.497 e. The minimum atomic E-state index is -0.753. The van der Waals surface area contributed by atoms with E-state index in [1.807, 2.05) is 30.3 Å². The van der Waals surface area contributed by atoms with E-state index in [-0.39, 0.29) is 0 Å². The van der Waals surface area contributed by atoms with Crippen LogP contribution in [-0.2, 0) is 0 Å². The molecule has 0 N–H and O–H groups in total. The highest BCUT2D eigenvalue weighted by Crippen LogP contribution is 2.19. The smallest absolute Gasteiger partial charge is 0.439 e. The molecule has 0 bridgehead atoms. The van der Waals surface area contributed by atoms with Gasteiger partial charge in [-0.15, -0.1) is 0 Å². The third-order valence-electron chi connectivity index (χ3n) is 4.00. The van der Waals surface area contributed by atoms with Crippen molar-refractivity contribution in [2.75, 3.05) is 13.7 Å². The Morgan fingerprint density at radius 3 is 2.62 bits per heavy atom. The number of hydrogen-bond donors (Lipinski definition) is 0. The van der Waals surface area contributed by atoms with Crippen LogP contribution in [0.1, 0.15) is 19.8 Å². The molecule has 0 radical (unpaired) electrons. The van der Waals surface area contributed by atoms with Crippen LogP contribution < -0.4 is 19.6 Å². The summed E-state index contributed by atoms with van der Waals surface area (Å²) in [6.45, 7) is 2.63. The van der Waals surface area contributed by atoms with Gasteiger partial charge in [-0.05, 0) is 30.7 Å². The molecule has 3 rings (SSSR count). The molecule has 7 heteroatoms. The maximum absolute atomic E-state index is 12.2. The van der Waals surface area contributed by atoms with Crippen molar-refractivity contribution in [3.63, 3.8) is 0 Å². The first-order chi connectivity index (χ1) is 14.2. The van der Waals surface area contributed by atoms with E-state index in [1.54, 1.807) is 42.1 Å². The first-order valence-corrected chi connectivity index (χ1v) is 9.38. The second-order valence-corrected chi connectivity index (χ2v) is 6.16. The third kappa shape index (κ3) is 5.68. The lowest BCUT2D eigenvalue weighted by molar-refractivity contribution is 0.210. The van der Waals surface area contributed by atoms with Crippen LogP contribution >= 0.6 is 0 Å². The Bertz CT molecular complexity index is 1020. The molecule has 0 aliphatic heterocycles. The summed E-state index contributed by atoms with van der Waals surface area (Å²) in [5.74, 6) is 1.44. The number of nitrogens with zero attached hydrogens (tertiary/aromatic N) is 3. The Morgan fingerprint density at radius 2 is 1.86 bits per heavy atom. The van der Waals surface area contributed by atoms with E-state index >= 15 is 0 Å². The summed E-state index contributed by atoms with van der Waals surface area (Å²) in [5, 5.41) is 4.73. The van der Waals surface area contributed by atoms with Gasteiger partial charge in [0.2, 0.25) is 5.88 Å². The summed E-state index contributed by atoms with van der Waals surface area (Å²) in [6.07, 6.45) is 2.66. The number of ether oxygens (including phenoxy) is 3. The maximum atomic E-state index is 12.2. The average molecular weight is 393 g/mol. The fourth-order valence-corrected chi connectivity index (χ4v) is 2.54. The molecule has 0 unspecified atom stereocenters. The molecule has 1 heterocycles. The topological polar surface area (TPSA) is 74.9 Å². The van der Waals surface area contributed by atoms with E-state index in [0.29, 0.717) is 29.3 Å². The number of rotatable bonds is 7. The lowest BCUT2D eigenvalue weighted by Crippen LogP contribution is -2.16. The van der Waals surface area contributed by atoms with Crippen molar-refractivity contribution in [1.29, 1.82) is 0 Å². The monoisotopic (exact) mass is 393 g/mol. The molecular weight excluding hydrogens is 370 g/mol. The zero-order valence-electron chi connectivity index (χ0n) is 16.4. The Balaban J connectivity index is 1.86. The summed E-state index contributed by atoms with van der Waals surface area (Å²) < 4.78 is 17.9. The number of unbranched alkanes of at least 4 members (excludes halogenated alkanes) is 1. The number of hydrogen-bond acceptors (Lipinski definition) is 5. The van der Waals surface area contributed by atoms with Crippen molar-refractivity contribution in [1.82, 2.24) is 9.78 Å². The Morgan fingerprint density at radius 1 is 1.07 bits per heavy atom. The van der Waals surface area contributed by atoms with Crippen molar-refractivity contribution >= 4 is 6.09 Å². The van der Waals surface area contributed by atoms with E-state index in [0.717, 1.165) is 18.5 Å². The quantitative estimate of drug-likeness (QED) is 0.564. The van der Waals surface area contributed by atoms with Crippen LogP contribution in [0.4, 0.5) is 4.79 Å². The van der Waals surface area contributed by atoms with Gasteiger partial charge in [0, 0.05) is 12.1 Å². The van der Waals surface area contributed by atoms with Gasteiger partial charge in [0.05, 0.1) is 31.0 Å². The fraction of sp³-hybridized carbons (Fsp3) is 0.227. The summed E-state index contributed by atoms with van der Waals surface area (Å²) in [6, 6.07) is 18.0. The fourth-order valence-electron chi connectivity index (χ4n) is 2.54. The molecule has 0 aliphatic carbocycles. The van der Waals surface area contributed by atoms with Crippen LogP contribution in [0.25, 0.3) is 5.69 Å². The van der Waals surface area contributed by atoms with Crippen LogP contribution in [0.2, 0.25) is 0 Å². The van der Waals surface area contributed by atoms with E-state index in [1.165, 1.54) is 6.20 Å². The van der Waals surface area contributed by atoms with Crippen LogP contribution in [0.5, 0.6) is 17.4 Å². The van der Waals surface area contributed by atoms with Crippen molar-refractivity contribution in [3.8, 4) is 23.1 Å². The molecule has 7 nitrogen and oxygen atoms in total. The molecule has 3 aromatic rings. The van der Waals surface area contributed by atoms with Crippen molar-refractivity contribution in [2.45, 2.75) is 19.8 Å². The predicted molar refractivity (Wildman–Crippen MR) is 109 cm³/mol. The molecule has 0 saturated carbocycles. The van der Waals surface area contributed by atoms with Gasteiger partial charge in [-0.1, -0.05) is 37.6 Å². The molecule has 0 saturated heterocycles. The Labute approximate surface area is 169 Å². The lowest BCUT2D eigenvalue weighted by atomic mass is 10.3. The molecule has 2 aromatic carbocycles. The molecule has 0 aliphatic rings. The van der Waals surface area contributed by atoms with E-state index < -0.39 is 6.09 Å². The van der Waals surface area contributed by atoms with Gasteiger partial charge in [0.25, 0.3) is 0 Å². The molecule has 29 heavy (non-hydrogen) atoms. The Kier molecular flexibility index (Phi) is 7.00. The van der Waals surface area contributed by atoms with Crippen LogP contribution in [0.3, 0.4) is 0 Å². The van der Waals surface area contributed by atoms with Crippen molar-refractivity contribution < 1.29 is 19.0 Å². The standard InChI is InChI=1S/C22H23N3O4/c1-3-4-13-28-21-14-17(16-23-25(21)18-9-6-5-7-10-18)24-22(26)29-20-12-8-11-19(15-20)27-2/h5-12,14-16H,3-4,13H2,1-2H3. The summed E-state index contributed by atoms with van der Waals surface area (Å²) >= 11 is 0. The SMILES string of the molecule is CCCCOc1cc(=NC(=O)Oc2cccc(OC)c2)cnn1-c1ccccc1. The summed E-state index contributed by atoms with van der Waals surface area (Å²) in [4.78, 5) is 16.2. The van der Waals surface area contributed by atoms with Crippen molar-refractivity contribution in [2.24, 2.45) is 4.99 Å². The molecule has 0 atom stereocenters. The highest BCUT2D eigenvalue weighted by atomic mass is 16.5. The third-order valence-corrected chi connectivity index (χ3v) is 4.00. The highest BCUT2D eigenvalue weighted by Gasteiger charge is 2.08. The van der Waals surface area contributed by atoms with E-state index in [4.69, 9.17) is 14.2 Å². The number of carbonyl (C=O) groups excluding carboxylic acids is 1. The van der Waals surface area contributed by atoms with Gasteiger partial charge in [0.15, 0.2) is 0 Å². The Hall–Kier alpha value is -3.61. The minimum absolute atomic E-state index is 0.344. The number of para-hydroxylation sites is 1. The van der Waals surface area contributed by atoms with Crippen LogP contribution in [-0.4, -0.2) is 29.6 Å². The van der Waals surface area contributed by atoms with Gasteiger partial charge in [0.1, 0.15) is 11.5 Å². The normalized spacial score (nSPS) is 11.2.